The van der Waals surface area contributed by atoms with Gasteiger partial charge in [0.05, 0.1) is 18.0 Å². The lowest BCUT2D eigenvalue weighted by Gasteiger charge is -2.15. The lowest BCUT2D eigenvalue weighted by Crippen LogP contribution is -2.29. The summed E-state index contributed by atoms with van der Waals surface area (Å²) in [5.74, 6) is 1.01. The van der Waals surface area contributed by atoms with Crippen LogP contribution in [-0.2, 0) is 6.42 Å². The van der Waals surface area contributed by atoms with Crippen molar-refractivity contribution < 1.29 is 4.74 Å². The van der Waals surface area contributed by atoms with E-state index in [0.29, 0.717) is 11.8 Å². The monoisotopic (exact) mass is 223 g/mol. The molecule has 1 atom stereocenters. The van der Waals surface area contributed by atoms with Gasteiger partial charge in [-0.2, -0.15) is 0 Å². The number of nitrogens with zero attached hydrogens (tertiary/aromatic N) is 2. The van der Waals surface area contributed by atoms with Crippen molar-refractivity contribution in [2.24, 2.45) is 11.7 Å². The molecule has 4 heteroatoms. The highest BCUT2D eigenvalue weighted by Gasteiger charge is 2.10. The van der Waals surface area contributed by atoms with Crippen LogP contribution in [-0.4, -0.2) is 22.1 Å². The van der Waals surface area contributed by atoms with E-state index in [0.717, 1.165) is 12.1 Å². The van der Waals surface area contributed by atoms with Crippen LogP contribution in [0.3, 0.4) is 0 Å². The van der Waals surface area contributed by atoms with Crippen molar-refractivity contribution in [1.82, 2.24) is 9.97 Å². The van der Waals surface area contributed by atoms with E-state index in [9.17, 15) is 0 Å². The van der Waals surface area contributed by atoms with Gasteiger partial charge in [0.25, 0.3) is 0 Å². The zero-order valence-electron chi connectivity index (χ0n) is 10.5. The average molecular weight is 223 g/mol. The molecule has 0 fully saturated rings. The minimum Gasteiger partial charge on any atom is -0.474 e. The summed E-state index contributed by atoms with van der Waals surface area (Å²) >= 11 is 0. The predicted molar refractivity (Wildman–Crippen MR) is 64.3 cm³/mol. The first-order valence-electron chi connectivity index (χ1n) is 5.72. The Kier molecular flexibility index (Phi) is 4.68. The molecule has 1 unspecified atom stereocenters. The molecule has 0 aliphatic carbocycles. The third-order valence-electron chi connectivity index (χ3n) is 2.32. The molecule has 0 aliphatic rings. The number of aromatic nitrogens is 2. The van der Waals surface area contributed by atoms with Crippen molar-refractivity contribution >= 4 is 0 Å². The van der Waals surface area contributed by atoms with Gasteiger partial charge >= 0.3 is 0 Å². The highest BCUT2D eigenvalue weighted by molar-refractivity contribution is 5.09. The summed E-state index contributed by atoms with van der Waals surface area (Å²) < 4.78 is 5.48. The third kappa shape index (κ3) is 4.14. The molecule has 0 amide bonds. The van der Waals surface area contributed by atoms with E-state index < -0.39 is 0 Å². The van der Waals surface area contributed by atoms with Gasteiger partial charge in [0.15, 0.2) is 0 Å². The van der Waals surface area contributed by atoms with Crippen LogP contribution in [0.25, 0.3) is 0 Å². The maximum absolute atomic E-state index is 5.99. The molecule has 0 saturated carbocycles. The van der Waals surface area contributed by atoms with Gasteiger partial charge in [-0.25, -0.2) is 4.98 Å². The molecule has 90 valence electrons. The van der Waals surface area contributed by atoms with Crippen molar-refractivity contribution in [3.8, 4) is 5.88 Å². The van der Waals surface area contributed by atoms with Crippen LogP contribution < -0.4 is 10.5 Å². The maximum atomic E-state index is 5.99. The summed E-state index contributed by atoms with van der Waals surface area (Å²) in [5.41, 5.74) is 6.88. The van der Waals surface area contributed by atoms with E-state index in [1.807, 2.05) is 13.8 Å². The lowest BCUT2D eigenvalue weighted by atomic mass is 10.0. The van der Waals surface area contributed by atoms with E-state index in [2.05, 4.69) is 23.8 Å². The summed E-state index contributed by atoms with van der Waals surface area (Å²) in [6.07, 6.45) is 4.23. The molecule has 1 aromatic heterocycles. The van der Waals surface area contributed by atoms with E-state index in [1.165, 1.54) is 0 Å². The van der Waals surface area contributed by atoms with Crippen LogP contribution in [0.1, 0.15) is 33.4 Å². The van der Waals surface area contributed by atoms with Crippen molar-refractivity contribution in [3.63, 3.8) is 0 Å². The van der Waals surface area contributed by atoms with Gasteiger partial charge in [0.1, 0.15) is 0 Å². The van der Waals surface area contributed by atoms with Crippen LogP contribution in [0.15, 0.2) is 12.4 Å². The zero-order valence-corrected chi connectivity index (χ0v) is 10.5. The molecule has 0 saturated heterocycles. The van der Waals surface area contributed by atoms with Crippen LogP contribution in [0.5, 0.6) is 5.88 Å². The number of hydrogen-bond acceptors (Lipinski definition) is 4. The van der Waals surface area contributed by atoms with Crippen LogP contribution >= 0.6 is 0 Å². The fourth-order valence-electron chi connectivity index (χ4n) is 1.26. The highest BCUT2D eigenvalue weighted by Crippen LogP contribution is 2.10. The molecule has 0 aliphatic heterocycles. The molecule has 0 spiro atoms. The number of hydrogen-bond donors (Lipinski definition) is 1. The first-order valence-corrected chi connectivity index (χ1v) is 5.72. The first-order chi connectivity index (χ1) is 7.49. The minimum absolute atomic E-state index is 0.114. The molecule has 0 aromatic carbocycles. The van der Waals surface area contributed by atoms with Crippen molar-refractivity contribution in [1.29, 1.82) is 0 Å². The molecule has 1 aromatic rings. The fourth-order valence-corrected chi connectivity index (χ4v) is 1.26. The maximum Gasteiger partial charge on any atom is 0.232 e. The van der Waals surface area contributed by atoms with Crippen molar-refractivity contribution in [2.75, 3.05) is 0 Å². The molecule has 16 heavy (non-hydrogen) atoms. The van der Waals surface area contributed by atoms with Gasteiger partial charge in [0.2, 0.25) is 5.88 Å². The molecule has 1 rings (SSSR count). The second-order valence-corrected chi connectivity index (χ2v) is 4.63. The summed E-state index contributed by atoms with van der Waals surface area (Å²) in [4.78, 5) is 8.48. The Hall–Kier alpha value is -1.16. The Morgan fingerprint density at radius 2 is 1.94 bits per heavy atom. The SMILES string of the molecule is CC(C)Oc1cncc(CC(N)C(C)C)n1. The fraction of sp³-hybridized carbons (Fsp3) is 0.667. The summed E-state index contributed by atoms with van der Waals surface area (Å²) in [7, 11) is 0. The zero-order chi connectivity index (χ0) is 12.1. The van der Waals surface area contributed by atoms with E-state index in [-0.39, 0.29) is 12.1 Å². The second kappa shape index (κ2) is 5.80. The number of rotatable bonds is 5. The van der Waals surface area contributed by atoms with E-state index in [4.69, 9.17) is 10.5 Å². The van der Waals surface area contributed by atoms with Crippen molar-refractivity contribution in [2.45, 2.75) is 46.3 Å². The topological polar surface area (TPSA) is 61.0 Å². The number of nitrogens with two attached hydrogens (primary N) is 1. The Balaban J connectivity index is 2.67. The van der Waals surface area contributed by atoms with Gasteiger partial charge in [-0.3, -0.25) is 4.98 Å². The lowest BCUT2D eigenvalue weighted by molar-refractivity contribution is 0.230. The highest BCUT2D eigenvalue weighted by atomic mass is 16.5. The molecular formula is C12H21N3O. The Morgan fingerprint density at radius 1 is 1.25 bits per heavy atom. The van der Waals surface area contributed by atoms with Crippen LogP contribution in [0.4, 0.5) is 0 Å². The number of ether oxygens (including phenoxy) is 1. The second-order valence-electron chi connectivity index (χ2n) is 4.63. The van der Waals surface area contributed by atoms with E-state index >= 15 is 0 Å². The predicted octanol–water partition coefficient (Wildman–Crippen LogP) is 1.79. The van der Waals surface area contributed by atoms with Crippen LogP contribution in [0, 0.1) is 5.92 Å². The standard InChI is InChI=1S/C12H21N3O/c1-8(2)11(13)5-10-6-14-7-12(15-10)16-9(3)4/h6-9,11H,5,13H2,1-4H3. The van der Waals surface area contributed by atoms with Crippen LogP contribution in [0.2, 0.25) is 0 Å². The van der Waals surface area contributed by atoms with Gasteiger partial charge in [0, 0.05) is 18.7 Å². The molecule has 4 nitrogen and oxygen atoms in total. The van der Waals surface area contributed by atoms with Gasteiger partial charge in [-0.05, 0) is 19.8 Å². The Labute approximate surface area is 97.2 Å². The first kappa shape index (κ1) is 12.9. The Morgan fingerprint density at radius 3 is 2.50 bits per heavy atom. The molecular weight excluding hydrogens is 202 g/mol. The molecule has 0 bridgehead atoms. The normalized spacial score (nSPS) is 13.2. The molecule has 0 radical (unpaired) electrons. The van der Waals surface area contributed by atoms with Gasteiger partial charge < -0.3 is 10.5 Å². The van der Waals surface area contributed by atoms with Gasteiger partial charge in [-0.1, -0.05) is 13.8 Å². The molecule has 1 heterocycles. The molecule has 2 N–H and O–H groups in total. The smallest absolute Gasteiger partial charge is 0.232 e. The average Bonchev–Trinajstić information content (AvgIpc) is 2.16. The summed E-state index contributed by atoms with van der Waals surface area (Å²) in [6.45, 7) is 8.14. The van der Waals surface area contributed by atoms with Gasteiger partial charge in [-0.15, -0.1) is 0 Å². The minimum atomic E-state index is 0.114. The third-order valence-corrected chi connectivity index (χ3v) is 2.32. The van der Waals surface area contributed by atoms with Crippen molar-refractivity contribution in [3.05, 3.63) is 18.1 Å². The Bertz CT molecular complexity index is 326. The largest absolute Gasteiger partial charge is 0.474 e. The summed E-state index contributed by atoms with van der Waals surface area (Å²) in [5, 5.41) is 0. The quantitative estimate of drug-likeness (QED) is 0.826. The van der Waals surface area contributed by atoms with E-state index in [1.54, 1.807) is 12.4 Å². The summed E-state index contributed by atoms with van der Waals surface area (Å²) in [6, 6.07) is 0.114.